The van der Waals surface area contributed by atoms with Crippen molar-refractivity contribution in [2.24, 2.45) is 0 Å². The van der Waals surface area contributed by atoms with Crippen molar-refractivity contribution in [2.75, 3.05) is 26.3 Å². The van der Waals surface area contributed by atoms with Crippen molar-refractivity contribution in [3.05, 3.63) is 0 Å². The van der Waals surface area contributed by atoms with Crippen LogP contribution in [0, 0.1) is 0 Å². The Labute approximate surface area is 60.9 Å². The molecule has 2 saturated heterocycles. The third-order valence-electron chi connectivity index (χ3n) is 2.12. The smallest absolute Gasteiger partial charge is 0.0756 e. The summed E-state index contributed by atoms with van der Waals surface area (Å²) < 4.78 is 0. The normalized spacial score (nSPS) is 35.4. The molecule has 0 spiro atoms. The molecule has 0 bridgehead atoms. The average molecular weight is 142 g/mol. The van der Waals surface area contributed by atoms with Crippen molar-refractivity contribution in [3.63, 3.8) is 0 Å². The molecule has 4 heteroatoms. The molecule has 0 aromatic carbocycles. The van der Waals surface area contributed by atoms with Gasteiger partial charge in [0.1, 0.15) is 0 Å². The Balaban J connectivity index is 1.95. The highest BCUT2D eigenvalue weighted by Crippen LogP contribution is 2.03. The van der Waals surface area contributed by atoms with Crippen LogP contribution in [0.3, 0.4) is 0 Å². The first-order valence-electron chi connectivity index (χ1n) is 3.91. The third kappa shape index (κ3) is 1.15. The largest absolute Gasteiger partial charge is 0.315 e. The average Bonchev–Trinajstić information content (AvgIpc) is 2.28. The van der Waals surface area contributed by atoms with Gasteiger partial charge >= 0.3 is 0 Å². The first kappa shape index (κ1) is 6.54. The summed E-state index contributed by atoms with van der Waals surface area (Å²) in [4.78, 5) is 0. The van der Waals surface area contributed by atoms with Crippen LogP contribution in [-0.2, 0) is 0 Å². The molecule has 4 nitrogen and oxygen atoms in total. The van der Waals surface area contributed by atoms with E-state index in [-0.39, 0.29) is 0 Å². The molecule has 2 aliphatic heterocycles. The Morgan fingerprint density at radius 1 is 1.30 bits per heavy atom. The highest BCUT2D eigenvalue weighted by molar-refractivity contribution is 4.76. The molecule has 10 heavy (non-hydrogen) atoms. The number of fused-ring (bicyclic) bond motifs is 1. The minimum atomic E-state index is 0.565. The predicted octanol–water partition coefficient (Wildman–Crippen LogP) is -1.33. The van der Waals surface area contributed by atoms with Crippen LogP contribution in [0.1, 0.15) is 6.42 Å². The summed E-state index contributed by atoms with van der Waals surface area (Å²) in [5.74, 6) is 0. The molecule has 0 aromatic rings. The zero-order valence-electron chi connectivity index (χ0n) is 6.06. The molecular weight excluding hydrogens is 128 g/mol. The standard InChI is InChI=1S/C6H14N4/c1-2-7-3-4-10-6(1)8-5-9-10/h6-9H,1-5H2. The van der Waals surface area contributed by atoms with Gasteiger partial charge in [0.05, 0.1) is 12.8 Å². The Kier molecular flexibility index (Phi) is 1.86. The molecule has 2 heterocycles. The lowest BCUT2D eigenvalue weighted by Gasteiger charge is -2.18. The van der Waals surface area contributed by atoms with E-state index >= 15 is 0 Å². The first-order chi connectivity index (χ1) is 4.97. The second kappa shape index (κ2) is 2.84. The van der Waals surface area contributed by atoms with Crippen LogP contribution in [0.2, 0.25) is 0 Å². The molecule has 0 radical (unpaired) electrons. The summed E-state index contributed by atoms with van der Waals surface area (Å²) in [6.07, 6.45) is 1.77. The van der Waals surface area contributed by atoms with Crippen LogP contribution >= 0.6 is 0 Å². The minimum Gasteiger partial charge on any atom is -0.315 e. The highest BCUT2D eigenvalue weighted by atomic mass is 15.6. The number of nitrogens with one attached hydrogen (secondary N) is 3. The maximum absolute atomic E-state index is 3.37. The number of hydrogen-bond donors (Lipinski definition) is 3. The molecular formula is C6H14N4. The molecule has 2 fully saturated rings. The number of hydrazine groups is 1. The van der Waals surface area contributed by atoms with Gasteiger partial charge in [0.25, 0.3) is 0 Å². The Bertz CT molecular complexity index is 104. The van der Waals surface area contributed by atoms with Crippen molar-refractivity contribution in [3.8, 4) is 0 Å². The molecule has 0 amide bonds. The van der Waals surface area contributed by atoms with Crippen LogP contribution in [0.25, 0.3) is 0 Å². The molecule has 58 valence electrons. The van der Waals surface area contributed by atoms with Gasteiger partial charge in [-0.05, 0) is 13.0 Å². The maximum atomic E-state index is 3.37. The Morgan fingerprint density at radius 2 is 2.30 bits per heavy atom. The third-order valence-corrected chi connectivity index (χ3v) is 2.12. The summed E-state index contributed by atoms with van der Waals surface area (Å²) in [7, 11) is 0. The summed E-state index contributed by atoms with van der Waals surface area (Å²) in [6, 6.07) is 0. The van der Waals surface area contributed by atoms with E-state index in [1.807, 2.05) is 0 Å². The van der Waals surface area contributed by atoms with E-state index in [0.717, 1.165) is 26.3 Å². The summed E-state index contributed by atoms with van der Waals surface area (Å²) in [5.41, 5.74) is 3.28. The fourth-order valence-electron chi connectivity index (χ4n) is 1.54. The molecule has 0 saturated carbocycles. The topological polar surface area (TPSA) is 39.3 Å². The zero-order chi connectivity index (χ0) is 6.81. The number of hydrogen-bond acceptors (Lipinski definition) is 4. The van der Waals surface area contributed by atoms with Crippen molar-refractivity contribution in [1.82, 2.24) is 21.1 Å². The van der Waals surface area contributed by atoms with Gasteiger partial charge in [-0.3, -0.25) is 5.32 Å². The highest BCUT2D eigenvalue weighted by Gasteiger charge is 2.23. The van der Waals surface area contributed by atoms with Gasteiger partial charge in [-0.1, -0.05) is 0 Å². The van der Waals surface area contributed by atoms with Crippen molar-refractivity contribution in [2.45, 2.75) is 12.6 Å². The second-order valence-electron chi connectivity index (χ2n) is 2.79. The van der Waals surface area contributed by atoms with Gasteiger partial charge in [-0.2, -0.15) is 0 Å². The lowest BCUT2D eigenvalue weighted by atomic mass is 10.3. The van der Waals surface area contributed by atoms with Gasteiger partial charge < -0.3 is 5.32 Å². The minimum absolute atomic E-state index is 0.565. The molecule has 1 unspecified atom stereocenters. The monoisotopic (exact) mass is 142 g/mol. The van der Waals surface area contributed by atoms with E-state index in [2.05, 4.69) is 21.1 Å². The molecule has 3 N–H and O–H groups in total. The SMILES string of the molecule is C1CC2NCNN2CCN1. The van der Waals surface area contributed by atoms with E-state index in [9.17, 15) is 0 Å². The first-order valence-corrected chi connectivity index (χ1v) is 3.91. The van der Waals surface area contributed by atoms with Crippen molar-refractivity contribution < 1.29 is 0 Å². The van der Waals surface area contributed by atoms with E-state index in [1.54, 1.807) is 0 Å². The lowest BCUT2D eigenvalue weighted by Crippen LogP contribution is -2.40. The fourth-order valence-corrected chi connectivity index (χ4v) is 1.54. The van der Waals surface area contributed by atoms with E-state index in [4.69, 9.17) is 0 Å². The van der Waals surface area contributed by atoms with Gasteiger partial charge in [0, 0.05) is 13.1 Å². The molecule has 0 aromatic heterocycles. The van der Waals surface area contributed by atoms with Gasteiger partial charge in [0.2, 0.25) is 0 Å². The Morgan fingerprint density at radius 3 is 3.30 bits per heavy atom. The van der Waals surface area contributed by atoms with E-state index in [0.29, 0.717) is 6.17 Å². The summed E-state index contributed by atoms with van der Waals surface area (Å²) in [6.45, 7) is 4.28. The van der Waals surface area contributed by atoms with Crippen LogP contribution < -0.4 is 16.1 Å². The van der Waals surface area contributed by atoms with Gasteiger partial charge in [0.15, 0.2) is 0 Å². The van der Waals surface area contributed by atoms with Crippen LogP contribution in [-0.4, -0.2) is 37.5 Å². The molecule has 1 atom stereocenters. The van der Waals surface area contributed by atoms with Gasteiger partial charge in [-0.25, -0.2) is 10.4 Å². The molecule has 2 rings (SSSR count). The lowest BCUT2D eigenvalue weighted by molar-refractivity contribution is 0.191. The van der Waals surface area contributed by atoms with E-state index < -0.39 is 0 Å². The predicted molar refractivity (Wildman–Crippen MR) is 39.1 cm³/mol. The fraction of sp³-hybridized carbons (Fsp3) is 1.00. The number of nitrogens with zero attached hydrogens (tertiary/aromatic N) is 1. The zero-order valence-corrected chi connectivity index (χ0v) is 6.06. The van der Waals surface area contributed by atoms with Crippen molar-refractivity contribution >= 4 is 0 Å². The Hall–Kier alpha value is -0.160. The molecule has 0 aliphatic carbocycles. The quantitative estimate of drug-likeness (QED) is 0.392. The van der Waals surface area contributed by atoms with Crippen molar-refractivity contribution in [1.29, 1.82) is 0 Å². The summed E-state index contributed by atoms with van der Waals surface area (Å²) in [5, 5.41) is 9.01. The number of rotatable bonds is 0. The van der Waals surface area contributed by atoms with Gasteiger partial charge in [-0.15, -0.1) is 0 Å². The summed E-state index contributed by atoms with van der Waals surface area (Å²) >= 11 is 0. The van der Waals surface area contributed by atoms with Crippen LogP contribution in [0.15, 0.2) is 0 Å². The molecule has 2 aliphatic rings. The van der Waals surface area contributed by atoms with Crippen LogP contribution in [0.4, 0.5) is 0 Å². The van der Waals surface area contributed by atoms with Crippen LogP contribution in [0.5, 0.6) is 0 Å². The van der Waals surface area contributed by atoms with E-state index in [1.165, 1.54) is 6.42 Å². The second-order valence-corrected chi connectivity index (χ2v) is 2.79. The maximum Gasteiger partial charge on any atom is 0.0756 e.